The number of para-hydroxylation sites is 1. The minimum Gasteiger partial charge on any atom is -0.507 e. The van der Waals surface area contributed by atoms with Crippen LogP contribution in [0, 0.1) is 0 Å². The van der Waals surface area contributed by atoms with Crippen LogP contribution in [0.25, 0.3) is 0 Å². The first-order valence-corrected chi connectivity index (χ1v) is 7.13. The first kappa shape index (κ1) is 13.9. The van der Waals surface area contributed by atoms with E-state index in [0.717, 1.165) is 17.8 Å². The first-order valence-electron chi connectivity index (χ1n) is 6.76. The minimum absolute atomic E-state index is 0.0564. The van der Waals surface area contributed by atoms with Crippen molar-refractivity contribution in [1.29, 1.82) is 0 Å². The molecule has 1 aliphatic rings. The lowest BCUT2D eigenvalue weighted by atomic mass is 10.1. The van der Waals surface area contributed by atoms with Crippen LogP contribution in [0.15, 0.2) is 42.5 Å². The third-order valence-electron chi connectivity index (χ3n) is 3.54. The molecule has 1 amide bonds. The Morgan fingerprint density at radius 3 is 2.90 bits per heavy atom. The van der Waals surface area contributed by atoms with E-state index in [2.05, 4.69) is 5.32 Å². The molecule has 0 fully saturated rings. The normalized spacial score (nSPS) is 14.4. The van der Waals surface area contributed by atoms with Crippen molar-refractivity contribution in [2.45, 2.75) is 6.54 Å². The molecule has 2 N–H and O–H groups in total. The number of carbonyl (C=O) groups is 1. The Balaban J connectivity index is 2.03. The van der Waals surface area contributed by atoms with Crippen molar-refractivity contribution in [3.63, 3.8) is 0 Å². The van der Waals surface area contributed by atoms with Crippen LogP contribution >= 0.6 is 11.6 Å². The summed E-state index contributed by atoms with van der Waals surface area (Å²) in [6, 6.07) is 12.3. The molecule has 4 nitrogen and oxygen atoms in total. The van der Waals surface area contributed by atoms with Crippen molar-refractivity contribution in [3.8, 4) is 5.75 Å². The number of rotatable bonds is 1. The lowest BCUT2D eigenvalue weighted by Crippen LogP contribution is -2.34. The van der Waals surface area contributed by atoms with Gasteiger partial charge in [-0.3, -0.25) is 4.79 Å². The van der Waals surface area contributed by atoms with Crippen molar-refractivity contribution >= 4 is 23.2 Å². The molecule has 0 saturated carbocycles. The summed E-state index contributed by atoms with van der Waals surface area (Å²) in [4.78, 5) is 14.4. The number of phenolic OH excluding ortho intramolecular Hbond substituents is 1. The Hall–Kier alpha value is -2.04. The molecule has 0 spiro atoms. The summed E-state index contributed by atoms with van der Waals surface area (Å²) in [5, 5.41) is 13.6. The highest BCUT2D eigenvalue weighted by Crippen LogP contribution is 2.28. The van der Waals surface area contributed by atoms with Crippen molar-refractivity contribution in [1.82, 2.24) is 5.32 Å². The van der Waals surface area contributed by atoms with Crippen molar-refractivity contribution in [3.05, 3.63) is 58.6 Å². The highest BCUT2D eigenvalue weighted by molar-refractivity contribution is 6.31. The molecule has 0 aliphatic carbocycles. The molecular formula is C16H15ClN2O2. The van der Waals surface area contributed by atoms with Gasteiger partial charge in [0.15, 0.2) is 0 Å². The van der Waals surface area contributed by atoms with E-state index < -0.39 is 0 Å². The Morgan fingerprint density at radius 2 is 2.05 bits per heavy atom. The number of fused-ring (bicyclic) bond motifs is 1. The van der Waals surface area contributed by atoms with Crippen LogP contribution in [0.1, 0.15) is 15.9 Å². The van der Waals surface area contributed by atoms with Crippen molar-refractivity contribution < 1.29 is 9.90 Å². The molecule has 2 aromatic rings. The topological polar surface area (TPSA) is 52.6 Å². The number of hydrogen-bond acceptors (Lipinski definition) is 3. The monoisotopic (exact) mass is 302 g/mol. The second kappa shape index (κ2) is 5.76. The SMILES string of the molecule is O=C(c1cc(Cl)ccc1O)N1CCNCc2ccccc21. The predicted octanol–water partition coefficient (Wildman–Crippen LogP) is 2.80. The number of phenols is 1. The highest BCUT2D eigenvalue weighted by Gasteiger charge is 2.24. The minimum atomic E-state index is -0.244. The highest BCUT2D eigenvalue weighted by atomic mass is 35.5. The van der Waals surface area contributed by atoms with E-state index in [1.165, 1.54) is 12.1 Å². The summed E-state index contributed by atoms with van der Waals surface area (Å²) < 4.78 is 0. The zero-order chi connectivity index (χ0) is 14.8. The summed E-state index contributed by atoms with van der Waals surface area (Å²) in [6.45, 7) is 1.96. The molecule has 2 aromatic carbocycles. The van der Waals surface area contributed by atoms with Crippen LogP contribution in [-0.4, -0.2) is 24.1 Å². The number of hydrogen-bond donors (Lipinski definition) is 2. The lowest BCUT2D eigenvalue weighted by Gasteiger charge is -2.23. The van der Waals surface area contributed by atoms with E-state index in [-0.39, 0.29) is 17.2 Å². The number of carbonyl (C=O) groups excluding carboxylic acids is 1. The third kappa shape index (κ3) is 2.73. The molecule has 21 heavy (non-hydrogen) atoms. The molecule has 3 rings (SSSR count). The second-order valence-electron chi connectivity index (χ2n) is 4.92. The number of nitrogens with zero attached hydrogens (tertiary/aromatic N) is 1. The zero-order valence-electron chi connectivity index (χ0n) is 11.3. The fourth-order valence-electron chi connectivity index (χ4n) is 2.49. The van der Waals surface area contributed by atoms with Crippen LogP contribution in [0.5, 0.6) is 5.75 Å². The summed E-state index contributed by atoms with van der Waals surface area (Å²) in [6.07, 6.45) is 0. The molecule has 0 radical (unpaired) electrons. The van der Waals surface area contributed by atoms with Crippen LogP contribution in [0.3, 0.4) is 0 Å². The Bertz CT molecular complexity index is 688. The predicted molar refractivity (Wildman–Crippen MR) is 82.9 cm³/mol. The van der Waals surface area contributed by atoms with Crippen LogP contribution in [0.4, 0.5) is 5.69 Å². The molecule has 0 atom stereocenters. The van der Waals surface area contributed by atoms with Crippen LogP contribution < -0.4 is 10.2 Å². The number of nitrogens with one attached hydrogen (secondary N) is 1. The zero-order valence-corrected chi connectivity index (χ0v) is 12.1. The molecule has 1 aliphatic heterocycles. The second-order valence-corrected chi connectivity index (χ2v) is 5.36. The van der Waals surface area contributed by atoms with Crippen molar-refractivity contribution in [2.75, 3.05) is 18.0 Å². The Labute approximate surface area is 128 Å². The van der Waals surface area contributed by atoms with Gasteiger partial charge in [0.25, 0.3) is 5.91 Å². The molecule has 108 valence electrons. The summed E-state index contributed by atoms with van der Waals surface area (Å²) >= 11 is 5.94. The maximum Gasteiger partial charge on any atom is 0.262 e. The fourth-order valence-corrected chi connectivity index (χ4v) is 2.67. The summed E-state index contributed by atoms with van der Waals surface area (Å²) in [7, 11) is 0. The van der Waals surface area contributed by atoms with E-state index in [1.54, 1.807) is 11.0 Å². The molecular weight excluding hydrogens is 288 g/mol. The summed E-state index contributed by atoms with van der Waals surface area (Å²) in [5.74, 6) is -0.301. The van der Waals surface area contributed by atoms with E-state index in [1.807, 2.05) is 24.3 Å². The molecule has 1 heterocycles. The standard InChI is InChI=1S/C16H15ClN2O2/c17-12-5-6-15(20)13(9-12)16(21)19-8-7-18-10-11-3-1-2-4-14(11)19/h1-6,9,18,20H,7-8,10H2. The largest absolute Gasteiger partial charge is 0.507 e. The average molecular weight is 303 g/mol. The van der Waals surface area contributed by atoms with E-state index >= 15 is 0 Å². The van der Waals surface area contributed by atoms with Gasteiger partial charge in [0.2, 0.25) is 0 Å². The third-order valence-corrected chi connectivity index (χ3v) is 3.78. The quantitative estimate of drug-likeness (QED) is 0.852. The Morgan fingerprint density at radius 1 is 1.24 bits per heavy atom. The molecule has 0 saturated heterocycles. The number of halogens is 1. The fraction of sp³-hybridized carbons (Fsp3) is 0.188. The lowest BCUT2D eigenvalue weighted by molar-refractivity contribution is 0.0985. The summed E-state index contributed by atoms with van der Waals surface area (Å²) in [5.41, 5.74) is 2.15. The van der Waals surface area contributed by atoms with E-state index in [4.69, 9.17) is 11.6 Å². The van der Waals surface area contributed by atoms with Gasteiger partial charge in [-0.05, 0) is 29.8 Å². The van der Waals surface area contributed by atoms with Gasteiger partial charge in [0, 0.05) is 30.3 Å². The maximum atomic E-state index is 12.8. The van der Waals surface area contributed by atoms with Gasteiger partial charge in [-0.1, -0.05) is 29.8 Å². The van der Waals surface area contributed by atoms with Crippen molar-refractivity contribution in [2.24, 2.45) is 0 Å². The number of amides is 1. The molecule has 5 heteroatoms. The van der Waals surface area contributed by atoms with Gasteiger partial charge >= 0.3 is 0 Å². The molecule has 0 unspecified atom stereocenters. The van der Waals surface area contributed by atoms with Gasteiger partial charge in [0.05, 0.1) is 5.56 Å². The molecule has 0 aromatic heterocycles. The Kier molecular flexibility index (Phi) is 3.82. The van der Waals surface area contributed by atoms with Gasteiger partial charge in [0.1, 0.15) is 5.75 Å². The van der Waals surface area contributed by atoms with Gasteiger partial charge in [-0.2, -0.15) is 0 Å². The smallest absolute Gasteiger partial charge is 0.262 e. The van der Waals surface area contributed by atoms with Crippen LogP contribution in [0.2, 0.25) is 5.02 Å². The molecule has 0 bridgehead atoms. The average Bonchev–Trinajstić information content (AvgIpc) is 2.71. The van der Waals surface area contributed by atoms with E-state index in [9.17, 15) is 9.90 Å². The van der Waals surface area contributed by atoms with Gasteiger partial charge in [-0.25, -0.2) is 0 Å². The maximum absolute atomic E-state index is 12.8. The number of anilines is 1. The van der Waals surface area contributed by atoms with Gasteiger partial charge in [-0.15, -0.1) is 0 Å². The number of benzene rings is 2. The van der Waals surface area contributed by atoms with E-state index in [0.29, 0.717) is 18.1 Å². The number of aromatic hydroxyl groups is 1. The first-order chi connectivity index (χ1) is 10.2. The van der Waals surface area contributed by atoms with Gasteiger partial charge < -0.3 is 15.3 Å². The van der Waals surface area contributed by atoms with Crippen LogP contribution in [-0.2, 0) is 6.54 Å².